The van der Waals surface area contributed by atoms with E-state index in [1.54, 1.807) is 26.0 Å². The highest BCUT2D eigenvalue weighted by Gasteiger charge is 2.68. The Morgan fingerprint density at radius 2 is 1.70 bits per heavy atom. The molecule has 3 rings (SSSR count). The number of Topliss-reactive ketones (excluding diaryl/α,β-unsaturated/α-hetero) is 1. The van der Waals surface area contributed by atoms with Crippen molar-refractivity contribution in [2.75, 3.05) is 7.11 Å². The molecule has 7 heteroatoms. The highest BCUT2D eigenvalue weighted by molar-refractivity contribution is 6.01. The van der Waals surface area contributed by atoms with Crippen LogP contribution in [0.4, 0.5) is 0 Å². The molecular formula is C33H48O7. The summed E-state index contributed by atoms with van der Waals surface area (Å²) >= 11 is 0. The number of hydrogen-bond donors (Lipinski definition) is 2. The fourth-order valence-electron chi connectivity index (χ4n) is 8.09. The lowest BCUT2D eigenvalue weighted by Crippen LogP contribution is -2.62. The van der Waals surface area contributed by atoms with Gasteiger partial charge in [0.05, 0.1) is 12.7 Å². The lowest BCUT2D eigenvalue weighted by atomic mass is 9.42. The zero-order valence-electron chi connectivity index (χ0n) is 25.7. The Morgan fingerprint density at radius 1 is 1.05 bits per heavy atom. The summed E-state index contributed by atoms with van der Waals surface area (Å²) in [6.07, 6.45) is 10.8. The number of allylic oxidation sites excluding steroid dienone is 7. The van der Waals surface area contributed by atoms with Gasteiger partial charge >= 0.3 is 11.9 Å². The summed E-state index contributed by atoms with van der Waals surface area (Å²) in [4.78, 5) is 38.8. The van der Waals surface area contributed by atoms with Crippen LogP contribution in [0.1, 0.15) is 87.5 Å². The number of ether oxygens (including phenoxy) is 2. The molecule has 3 fully saturated rings. The molecule has 0 aromatic carbocycles. The summed E-state index contributed by atoms with van der Waals surface area (Å²) in [6, 6.07) is 0. The Labute approximate surface area is 239 Å². The maximum Gasteiger partial charge on any atom is 0.315 e. The molecule has 2 N–H and O–H groups in total. The quantitative estimate of drug-likeness (QED) is 0.245. The van der Waals surface area contributed by atoms with Crippen LogP contribution in [-0.4, -0.2) is 52.9 Å². The van der Waals surface area contributed by atoms with Crippen molar-refractivity contribution in [3.05, 3.63) is 47.1 Å². The van der Waals surface area contributed by atoms with E-state index >= 15 is 0 Å². The molecule has 0 aliphatic heterocycles. The Hall–Kier alpha value is -2.51. The lowest BCUT2D eigenvalue weighted by Gasteiger charge is -2.61. The van der Waals surface area contributed by atoms with Crippen molar-refractivity contribution in [1.29, 1.82) is 0 Å². The normalized spacial score (nSPS) is 36.8. The number of ketones is 1. The number of methoxy groups -OCH3 is 1. The van der Waals surface area contributed by atoms with Crippen LogP contribution in [0.2, 0.25) is 0 Å². The van der Waals surface area contributed by atoms with Crippen molar-refractivity contribution in [3.63, 3.8) is 0 Å². The molecule has 222 valence electrons. The summed E-state index contributed by atoms with van der Waals surface area (Å²) in [6.45, 7) is 14.7. The Morgan fingerprint density at radius 3 is 2.27 bits per heavy atom. The molecule has 0 bridgehead atoms. The van der Waals surface area contributed by atoms with E-state index in [0.717, 1.165) is 36.0 Å². The summed E-state index contributed by atoms with van der Waals surface area (Å²) in [5.41, 5.74) is -0.104. The van der Waals surface area contributed by atoms with Crippen molar-refractivity contribution < 1.29 is 34.1 Å². The highest BCUT2D eigenvalue weighted by Crippen LogP contribution is 2.69. The van der Waals surface area contributed by atoms with Gasteiger partial charge in [0.1, 0.15) is 17.6 Å². The second kappa shape index (κ2) is 11.4. The molecule has 3 aliphatic rings. The summed E-state index contributed by atoms with van der Waals surface area (Å²) in [7, 11) is 1.38. The third-order valence-corrected chi connectivity index (χ3v) is 10.2. The van der Waals surface area contributed by atoms with Crippen LogP contribution in [0.15, 0.2) is 47.1 Å². The average Bonchev–Trinajstić information content (AvgIpc) is 3.14. The highest BCUT2D eigenvalue weighted by atomic mass is 16.6. The van der Waals surface area contributed by atoms with Crippen LogP contribution in [0.25, 0.3) is 0 Å². The Balaban J connectivity index is 1.93. The van der Waals surface area contributed by atoms with Crippen LogP contribution in [0.3, 0.4) is 0 Å². The van der Waals surface area contributed by atoms with Crippen LogP contribution in [-0.2, 0) is 23.9 Å². The number of rotatable bonds is 7. The molecule has 0 saturated heterocycles. The van der Waals surface area contributed by atoms with E-state index < -0.39 is 29.2 Å². The fraction of sp³-hybridized carbons (Fsp3) is 0.667. The molecule has 0 heterocycles. The van der Waals surface area contributed by atoms with Gasteiger partial charge in [0.25, 0.3) is 0 Å². The first kappa shape index (κ1) is 32.0. The van der Waals surface area contributed by atoms with Gasteiger partial charge in [-0.1, -0.05) is 49.8 Å². The van der Waals surface area contributed by atoms with Gasteiger partial charge in [0, 0.05) is 24.3 Å². The number of aliphatic hydroxyl groups excluding tert-OH is 1. The predicted molar refractivity (Wildman–Crippen MR) is 154 cm³/mol. The molecule has 0 radical (unpaired) electrons. The number of hydrogen-bond acceptors (Lipinski definition) is 7. The van der Waals surface area contributed by atoms with E-state index in [2.05, 4.69) is 13.8 Å². The Bertz CT molecular complexity index is 1150. The van der Waals surface area contributed by atoms with Crippen LogP contribution in [0, 0.1) is 28.1 Å². The smallest absolute Gasteiger partial charge is 0.315 e. The molecule has 2 unspecified atom stereocenters. The molecule has 0 aromatic heterocycles. The first-order valence-corrected chi connectivity index (χ1v) is 14.4. The minimum atomic E-state index is -1.22. The average molecular weight is 557 g/mol. The molecule has 40 heavy (non-hydrogen) atoms. The van der Waals surface area contributed by atoms with Crippen LogP contribution >= 0.6 is 0 Å². The van der Waals surface area contributed by atoms with Crippen molar-refractivity contribution in [2.45, 2.75) is 105 Å². The second-order valence-corrected chi connectivity index (χ2v) is 13.4. The summed E-state index contributed by atoms with van der Waals surface area (Å²) in [5.74, 6) is -0.615. The number of carbonyl (C=O) groups is 3. The molecule has 0 spiro atoms. The van der Waals surface area contributed by atoms with E-state index in [-0.39, 0.29) is 34.4 Å². The zero-order chi connectivity index (χ0) is 30.3. The third kappa shape index (κ3) is 5.64. The number of aliphatic hydroxyl groups is 2. The number of carbonyl (C=O) groups excluding carboxylic acids is 3. The van der Waals surface area contributed by atoms with Gasteiger partial charge in [0.2, 0.25) is 0 Å². The van der Waals surface area contributed by atoms with E-state index in [0.29, 0.717) is 12.8 Å². The summed E-state index contributed by atoms with van der Waals surface area (Å²) < 4.78 is 11.0. The first-order chi connectivity index (χ1) is 18.4. The van der Waals surface area contributed by atoms with E-state index in [4.69, 9.17) is 9.47 Å². The van der Waals surface area contributed by atoms with Crippen molar-refractivity contribution >= 4 is 17.7 Å². The van der Waals surface area contributed by atoms with Crippen molar-refractivity contribution in [3.8, 4) is 0 Å². The maximum absolute atomic E-state index is 13.6. The summed E-state index contributed by atoms with van der Waals surface area (Å²) in [5, 5.41) is 19.9. The van der Waals surface area contributed by atoms with Gasteiger partial charge in [-0.05, 0) is 83.1 Å². The van der Waals surface area contributed by atoms with E-state index in [1.165, 1.54) is 14.0 Å². The predicted octanol–water partition coefficient (Wildman–Crippen LogP) is 5.41. The topological polar surface area (TPSA) is 110 Å². The standard InChI is InChI=1S/C33H48O7/c1-20(13-14-26(36)30(4,5)38)11-10-12-21(2)28-23(35)19-25-31(6)18-16-27(40-22(3)34)33(8,29(37)39-9)24(31)15-17-32(25,28)7/h10-14,24-27,36,38H,15-19H2,1-9H3/b12-10+,14-13+,20-11+,28-21-/t24-,25+,26?,27-,31+,32+,33?/m1/s1. The number of fused-ring (bicyclic) bond motifs is 3. The van der Waals surface area contributed by atoms with Gasteiger partial charge < -0.3 is 19.7 Å². The minimum absolute atomic E-state index is 0.0652. The van der Waals surface area contributed by atoms with Crippen LogP contribution < -0.4 is 0 Å². The second-order valence-electron chi connectivity index (χ2n) is 13.4. The monoisotopic (exact) mass is 556 g/mol. The molecule has 3 aliphatic carbocycles. The zero-order valence-corrected chi connectivity index (χ0v) is 25.7. The molecule has 7 nitrogen and oxygen atoms in total. The molecule has 0 amide bonds. The Kier molecular flexibility index (Phi) is 9.12. The van der Waals surface area contributed by atoms with Crippen LogP contribution in [0.5, 0.6) is 0 Å². The molecule has 3 saturated carbocycles. The van der Waals surface area contributed by atoms with Gasteiger partial charge in [-0.15, -0.1) is 0 Å². The molecular weight excluding hydrogens is 508 g/mol. The van der Waals surface area contributed by atoms with Crippen molar-refractivity contribution in [1.82, 2.24) is 0 Å². The van der Waals surface area contributed by atoms with E-state index in [1.807, 2.05) is 39.0 Å². The molecule has 7 atom stereocenters. The molecule has 0 aromatic rings. The van der Waals surface area contributed by atoms with E-state index in [9.17, 15) is 24.6 Å². The number of esters is 2. The van der Waals surface area contributed by atoms with Gasteiger partial charge in [-0.3, -0.25) is 14.4 Å². The lowest BCUT2D eigenvalue weighted by molar-refractivity contribution is -0.206. The third-order valence-electron chi connectivity index (χ3n) is 10.2. The van der Waals surface area contributed by atoms with Gasteiger partial charge in [-0.25, -0.2) is 0 Å². The van der Waals surface area contributed by atoms with Gasteiger partial charge in [0.15, 0.2) is 5.78 Å². The van der Waals surface area contributed by atoms with Gasteiger partial charge in [-0.2, -0.15) is 0 Å². The largest absolute Gasteiger partial charge is 0.468 e. The maximum atomic E-state index is 13.6. The minimum Gasteiger partial charge on any atom is -0.468 e. The first-order valence-electron chi connectivity index (χ1n) is 14.4. The van der Waals surface area contributed by atoms with Crippen molar-refractivity contribution in [2.24, 2.45) is 28.1 Å². The fourth-order valence-corrected chi connectivity index (χ4v) is 8.09. The SMILES string of the molecule is COC(=O)C1(C)[C@H](OC(C)=O)CC[C@@]2(C)[C@H]1CC[C@]1(C)\C(=C(C)/C=C/C=C(C)/C=C/C(O)C(C)(C)O)C(=O)C[C@@H]21.